The maximum Gasteiger partial charge on any atom is 0.341 e. The fraction of sp³-hybridized carbons (Fsp3) is 0.682. The predicted octanol–water partition coefficient (Wildman–Crippen LogP) is 3.11. The number of carbonyl (C=O) groups excluding carboxylic acids is 2. The number of aliphatic hydroxyl groups excluding tert-OH is 1. The number of ether oxygens (including phenoxy) is 2. The molecule has 1 aliphatic heterocycles. The van der Waals surface area contributed by atoms with Crippen LogP contribution in [0.1, 0.15) is 62.7 Å². The van der Waals surface area contributed by atoms with Crippen LogP contribution in [0.15, 0.2) is 16.7 Å². The number of anilines is 1. The normalized spacial score (nSPS) is 23.5. The third-order valence-corrected chi connectivity index (χ3v) is 6.62. The average molecular weight is 498 g/mol. The van der Waals surface area contributed by atoms with E-state index in [0.29, 0.717) is 35.4 Å². The number of piperidine rings is 1. The van der Waals surface area contributed by atoms with Crippen molar-refractivity contribution in [2.45, 2.75) is 76.8 Å². The van der Waals surface area contributed by atoms with Crippen molar-refractivity contribution in [1.29, 1.82) is 0 Å². The quantitative estimate of drug-likeness (QED) is 0.473. The highest BCUT2D eigenvalue weighted by molar-refractivity contribution is 9.10. The van der Waals surface area contributed by atoms with Crippen LogP contribution in [0.2, 0.25) is 0 Å². The highest BCUT2D eigenvalue weighted by atomic mass is 79.9. The summed E-state index contributed by atoms with van der Waals surface area (Å²) in [7, 11) is 1.34. The van der Waals surface area contributed by atoms with Crippen LogP contribution in [-0.4, -0.2) is 71.5 Å². The monoisotopic (exact) mass is 497 g/mol. The lowest BCUT2D eigenvalue weighted by molar-refractivity contribution is -0.156. The van der Waals surface area contributed by atoms with Gasteiger partial charge >= 0.3 is 11.9 Å². The Hall–Kier alpha value is -1.71. The van der Waals surface area contributed by atoms with Gasteiger partial charge in [0.1, 0.15) is 23.7 Å². The molecule has 2 heterocycles. The summed E-state index contributed by atoms with van der Waals surface area (Å²) < 4.78 is 11.4. The first-order valence-electron chi connectivity index (χ1n) is 10.9. The second-order valence-electron chi connectivity index (χ2n) is 8.34. The van der Waals surface area contributed by atoms with Crippen molar-refractivity contribution in [3.63, 3.8) is 0 Å². The number of nitrogens with zero attached hydrogens (tertiary/aromatic N) is 3. The van der Waals surface area contributed by atoms with Crippen molar-refractivity contribution in [2.75, 3.05) is 25.1 Å². The van der Waals surface area contributed by atoms with Gasteiger partial charge in [0.2, 0.25) is 0 Å². The molecule has 3 atom stereocenters. The Labute approximate surface area is 192 Å². The standard InChI is InChI=1S/C22H32BrN3O5/c1-14(27)26(17-7-5-4-6-8-17)19-9-10-25(13-20(19)31-15(2)28)21-18(22(29)30-3)11-16(23)12-24-21/h11-12,14,17,19-20,27H,4-10,13H2,1-3H3. The van der Waals surface area contributed by atoms with Gasteiger partial charge in [-0.25, -0.2) is 9.78 Å². The third kappa shape index (κ3) is 5.75. The van der Waals surface area contributed by atoms with E-state index in [2.05, 4.69) is 25.8 Å². The van der Waals surface area contributed by atoms with E-state index in [-0.39, 0.29) is 18.1 Å². The highest BCUT2D eigenvalue weighted by Crippen LogP contribution is 2.32. The van der Waals surface area contributed by atoms with E-state index in [1.807, 2.05) is 4.90 Å². The number of carbonyl (C=O) groups is 2. The molecule has 1 aliphatic carbocycles. The van der Waals surface area contributed by atoms with Gasteiger partial charge in [0, 0.05) is 30.2 Å². The highest BCUT2D eigenvalue weighted by Gasteiger charge is 2.41. The van der Waals surface area contributed by atoms with Crippen molar-refractivity contribution in [2.24, 2.45) is 0 Å². The lowest BCUT2D eigenvalue weighted by Gasteiger charge is -2.48. The van der Waals surface area contributed by atoms with Gasteiger partial charge in [-0.2, -0.15) is 0 Å². The van der Waals surface area contributed by atoms with E-state index in [1.54, 1.807) is 19.2 Å². The summed E-state index contributed by atoms with van der Waals surface area (Å²) in [5.74, 6) is -0.322. The summed E-state index contributed by atoms with van der Waals surface area (Å²) in [6.07, 6.45) is 6.84. The summed E-state index contributed by atoms with van der Waals surface area (Å²) in [5.41, 5.74) is 0.358. The van der Waals surface area contributed by atoms with Crippen molar-refractivity contribution in [3.05, 3.63) is 22.3 Å². The van der Waals surface area contributed by atoms with Gasteiger partial charge < -0.3 is 19.5 Å². The van der Waals surface area contributed by atoms with Crippen LogP contribution in [0.4, 0.5) is 5.82 Å². The van der Waals surface area contributed by atoms with E-state index < -0.39 is 18.3 Å². The van der Waals surface area contributed by atoms with Gasteiger partial charge in [-0.1, -0.05) is 19.3 Å². The Bertz CT molecular complexity index is 784. The fourth-order valence-electron chi connectivity index (χ4n) is 4.94. The average Bonchev–Trinajstić information content (AvgIpc) is 2.74. The molecule has 3 rings (SSSR count). The van der Waals surface area contributed by atoms with Crippen LogP contribution >= 0.6 is 15.9 Å². The van der Waals surface area contributed by atoms with E-state index in [4.69, 9.17) is 9.47 Å². The molecule has 0 spiro atoms. The SMILES string of the molecule is COC(=O)c1cc(Br)cnc1N1CCC(N(C(C)O)C2CCCCC2)C(OC(C)=O)C1. The van der Waals surface area contributed by atoms with Crippen molar-refractivity contribution in [1.82, 2.24) is 9.88 Å². The minimum Gasteiger partial charge on any atom is -0.465 e. The van der Waals surface area contributed by atoms with Crippen LogP contribution in [-0.2, 0) is 14.3 Å². The summed E-state index contributed by atoms with van der Waals surface area (Å²) in [5, 5.41) is 10.6. The van der Waals surface area contributed by atoms with Crippen molar-refractivity contribution < 1.29 is 24.2 Å². The zero-order valence-electron chi connectivity index (χ0n) is 18.4. The van der Waals surface area contributed by atoms with Gasteiger partial charge in [0.25, 0.3) is 0 Å². The summed E-state index contributed by atoms with van der Waals surface area (Å²) >= 11 is 3.36. The number of rotatable bonds is 6. The molecule has 0 amide bonds. The molecule has 9 heteroatoms. The largest absolute Gasteiger partial charge is 0.465 e. The van der Waals surface area contributed by atoms with Crippen molar-refractivity contribution in [3.8, 4) is 0 Å². The lowest BCUT2D eigenvalue weighted by atomic mass is 9.90. The first-order valence-corrected chi connectivity index (χ1v) is 11.7. The van der Waals surface area contributed by atoms with Gasteiger partial charge in [0.15, 0.2) is 0 Å². The van der Waals surface area contributed by atoms with Crippen LogP contribution < -0.4 is 4.90 Å². The third-order valence-electron chi connectivity index (χ3n) is 6.19. The Morgan fingerprint density at radius 1 is 1.29 bits per heavy atom. The number of aliphatic hydroxyl groups is 1. The number of esters is 2. The molecule has 0 bridgehead atoms. The van der Waals surface area contributed by atoms with E-state index in [1.165, 1.54) is 20.5 Å². The maximum absolute atomic E-state index is 12.3. The molecule has 0 aromatic carbocycles. The minimum atomic E-state index is -0.630. The summed E-state index contributed by atoms with van der Waals surface area (Å²) in [6, 6.07) is 1.87. The molecular weight excluding hydrogens is 466 g/mol. The summed E-state index contributed by atoms with van der Waals surface area (Å²) in [4.78, 5) is 32.8. The molecule has 1 N–H and O–H groups in total. The van der Waals surface area contributed by atoms with Crippen molar-refractivity contribution >= 4 is 33.7 Å². The molecule has 172 valence electrons. The van der Waals surface area contributed by atoms with E-state index in [9.17, 15) is 14.7 Å². The number of halogens is 1. The van der Waals surface area contributed by atoms with Gasteiger partial charge in [0.05, 0.1) is 19.7 Å². The molecular formula is C22H32BrN3O5. The molecule has 3 unspecified atom stereocenters. The first-order chi connectivity index (χ1) is 14.8. The molecule has 8 nitrogen and oxygen atoms in total. The van der Waals surface area contributed by atoms with Crippen LogP contribution in [0.5, 0.6) is 0 Å². The van der Waals surface area contributed by atoms with Gasteiger partial charge in [-0.3, -0.25) is 9.69 Å². The maximum atomic E-state index is 12.3. The Morgan fingerprint density at radius 3 is 2.61 bits per heavy atom. The smallest absolute Gasteiger partial charge is 0.341 e. The number of pyridine rings is 1. The molecule has 0 radical (unpaired) electrons. The molecule has 31 heavy (non-hydrogen) atoms. The molecule has 2 aliphatic rings. The zero-order valence-corrected chi connectivity index (χ0v) is 20.0. The molecule has 1 aromatic rings. The minimum absolute atomic E-state index is 0.0970. The van der Waals surface area contributed by atoms with Gasteiger partial charge in [-0.05, 0) is 48.2 Å². The fourth-order valence-corrected chi connectivity index (χ4v) is 5.27. The zero-order chi connectivity index (χ0) is 22.5. The first kappa shape index (κ1) is 23.9. The lowest BCUT2D eigenvalue weighted by Crippen LogP contribution is -2.60. The van der Waals surface area contributed by atoms with E-state index >= 15 is 0 Å². The Balaban J connectivity index is 1.88. The van der Waals surface area contributed by atoms with E-state index in [0.717, 1.165) is 25.7 Å². The topological polar surface area (TPSA) is 92.2 Å². The summed E-state index contributed by atoms with van der Waals surface area (Å²) in [6.45, 7) is 4.20. The number of aromatic nitrogens is 1. The molecule has 1 saturated carbocycles. The van der Waals surface area contributed by atoms with Crippen LogP contribution in [0.3, 0.4) is 0 Å². The molecule has 1 saturated heterocycles. The Morgan fingerprint density at radius 2 is 2.00 bits per heavy atom. The van der Waals surface area contributed by atoms with Gasteiger partial charge in [-0.15, -0.1) is 0 Å². The van der Waals surface area contributed by atoms with Crippen LogP contribution in [0.25, 0.3) is 0 Å². The van der Waals surface area contributed by atoms with Crippen LogP contribution in [0, 0.1) is 0 Å². The molecule has 2 fully saturated rings. The number of hydrogen-bond donors (Lipinski definition) is 1. The predicted molar refractivity (Wildman–Crippen MR) is 120 cm³/mol. The molecule has 1 aromatic heterocycles. The second-order valence-corrected chi connectivity index (χ2v) is 9.25. The Kier molecular flexibility index (Phi) is 8.30. The number of methoxy groups -OCH3 is 1. The number of hydrogen-bond acceptors (Lipinski definition) is 8. The second kappa shape index (κ2) is 10.7.